The van der Waals surface area contributed by atoms with E-state index < -0.39 is 0 Å². The zero-order valence-corrected chi connectivity index (χ0v) is 10.7. The summed E-state index contributed by atoms with van der Waals surface area (Å²) in [6.45, 7) is 3.40. The first kappa shape index (κ1) is 13.3. The molecule has 1 fully saturated rings. The molecule has 0 spiro atoms. The number of aliphatic hydroxyl groups excluding tert-OH is 1. The second-order valence-corrected chi connectivity index (χ2v) is 4.90. The topological polar surface area (TPSA) is 41.5 Å². The summed E-state index contributed by atoms with van der Waals surface area (Å²) in [5, 5.41) is 12.7. The van der Waals surface area contributed by atoms with Gasteiger partial charge in [0.05, 0.1) is 12.6 Å². The number of anilines is 1. The molecule has 1 saturated heterocycles. The fourth-order valence-corrected chi connectivity index (χ4v) is 2.46. The second-order valence-electron chi connectivity index (χ2n) is 4.90. The number of hydrogen-bond donors (Lipinski definition) is 2. The third-order valence-electron chi connectivity index (χ3n) is 3.43. The Hall–Kier alpha value is -1.13. The Morgan fingerprint density at radius 1 is 1.39 bits per heavy atom. The van der Waals surface area contributed by atoms with Crippen molar-refractivity contribution in [1.29, 1.82) is 0 Å². The van der Waals surface area contributed by atoms with Crippen LogP contribution in [0.4, 0.5) is 10.1 Å². The van der Waals surface area contributed by atoms with Gasteiger partial charge in [0, 0.05) is 18.9 Å². The smallest absolute Gasteiger partial charge is 0.125 e. The molecule has 0 amide bonds. The second kappa shape index (κ2) is 6.16. The van der Waals surface area contributed by atoms with Gasteiger partial charge in [-0.1, -0.05) is 0 Å². The first-order valence-corrected chi connectivity index (χ1v) is 6.41. The minimum atomic E-state index is -0.249. The van der Waals surface area contributed by atoms with Crippen molar-refractivity contribution >= 4 is 5.69 Å². The standard InChI is InChI=1S/C14H20FNO2/c1-10-6-12(15)8-13(7-10)16-14(9-17)11-2-4-18-5-3-11/h6-8,11,14,16-17H,2-5,9H2,1H3. The Bertz CT molecular complexity index is 371. The molecule has 1 aliphatic heterocycles. The molecular weight excluding hydrogens is 233 g/mol. The number of aliphatic hydroxyl groups is 1. The number of rotatable bonds is 4. The maximum absolute atomic E-state index is 13.3. The first-order chi connectivity index (χ1) is 8.69. The molecular formula is C14H20FNO2. The van der Waals surface area contributed by atoms with Crippen LogP contribution in [0.15, 0.2) is 18.2 Å². The zero-order chi connectivity index (χ0) is 13.0. The van der Waals surface area contributed by atoms with Crippen molar-refractivity contribution in [3.8, 4) is 0 Å². The predicted octanol–water partition coefficient (Wildman–Crippen LogP) is 2.33. The number of halogens is 1. The molecule has 0 bridgehead atoms. The predicted molar refractivity (Wildman–Crippen MR) is 69.2 cm³/mol. The van der Waals surface area contributed by atoms with E-state index in [0.29, 0.717) is 5.92 Å². The Balaban J connectivity index is 2.04. The van der Waals surface area contributed by atoms with Crippen LogP contribution < -0.4 is 5.32 Å². The van der Waals surface area contributed by atoms with Gasteiger partial charge in [-0.15, -0.1) is 0 Å². The molecule has 0 radical (unpaired) electrons. The summed E-state index contributed by atoms with van der Waals surface area (Å²) in [4.78, 5) is 0. The number of benzene rings is 1. The quantitative estimate of drug-likeness (QED) is 0.865. The average molecular weight is 253 g/mol. The molecule has 4 heteroatoms. The molecule has 1 unspecified atom stereocenters. The maximum atomic E-state index is 13.3. The van der Waals surface area contributed by atoms with Gasteiger partial charge >= 0.3 is 0 Å². The first-order valence-electron chi connectivity index (χ1n) is 6.41. The lowest BCUT2D eigenvalue weighted by Crippen LogP contribution is -2.36. The lowest BCUT2D eigenvalue weighted by Gasteiger charge is -2.30. The monoisotopic (exact) mass is 253 g/mol. The molecule has 2 rings (SSSR count). The van der Waals surface area contributed by atoms with Crippen molar-refractivity contribution < 1.29 is 14.2 Å². The Morgan fingerprint density at radius 2 is 2.11 bits per heavy atom. The number of aryl methyl sites for hydroxylation is 1. The molecule has 0 saturated carbocycles. The normalized spacial score (nSPS) is 18.6. The third-order valence-corrected chi connectivity index (χ3v) is 3.43. The summed E-state index contributed by atoms with van der Waals surface area (Å²) < 4.78 is 18.6. The highest BCUT2D eigenvalue weighted by molar-refractivity contribution is 5.47. The molecule has 1 atom stereocenters. The minimum Gasteiger partial charge on any atom is -0.394 e. The van der Waals surface area contributed by atoms with Crippen LogP contribution in [0, 0.1) is 18.7 Å². The molecule has 0 aromatic heterocycles. The van der Waals surface area contributed by atoms with Crippen LogP contribution >= 0.6 is 0 Å². The van der Waals surface area contributed by atoms with Gasteiger partial charge in [-0.05, 0) is 49.4 Å². The molecule has 100 valence electrons. The van der Waals surface area contributed by atoms with Crippen molar-refractivity contribution in [3.05, 3.63) is 29.6 Å². The molecule has 3 nitrogen and oxygen atoms in total. The van der Waals surface area contributed by atoms with Gasteiger partial charge in [0.2, 0.25) is 0 Å². The summed E-state index contributed by atoms with van der Waals surface area (Å²) in [5.41, 5.74) is 1.61. The Morgan fingerprint density at radius 3 is 2.72 bits per heavy atom. The van der Waals surface area contributed by atoms with Crippen LogP contribution in [0.25, 0.3) is 0 Å². The van der Waals surface area contributed by atoms with E-state index in [9.17, 15) is 9.50 Å². The fraction of sp³-hybridized carbons (Fsp3) is 0.571. The summed E-state index contributed by atoms with van der Waals surface area (Å²) in [5.74, 6) is 0.133. The fourth-order valence-electron chi connectivity index (χ4n) is 2.46. The van der Waals surface area contributed by atoms with E-state index >= 15 is 0 Å². The lowest BCUT2D eigenvalue weighted by atomic mass is 9.92. The van der Waals surface area contributed by atoms with Crippen LogP contribution in [-0.2, 0) is 4.74 Å². The number of nitrogens with one attached hydrogen (secondary N) is 1. The van der Waals surface area contributed by atoms with E-state index in [4.69, 9.17) is 4.74 Å². The molecule has 1 aromatic rings. The van der Waals surface area contributed by atoms with Crippen molar-refractivity contribution in [1.82, 2.24) is 0 Å². The summed E-state index contributed by atoms with van der Waals surface area (Å²) in [6, 6.07) is 4.82. The van der Waals surface area contributed by atoms with Crippen LogP contribution in [0.3, 0.4) is 0 Å². The number of hydrogen-bond acceptors (Lipinski definition) is 3. The van der Waals surface area contributed by atoms with E-state index in [1.54, 1.807) is 0 Å². The van der Waals surface area contributed by atoms with Gasteiger partial charge in [-0.2, -0.15) is 0 Å². The van der Waals surface area contributed by atoms with E-state index in [-0.39, 0.29) is 18.5 Å². The van der Waals surface area contributed by atoms with Crippen LogP contribution in [0.1, 0.15) is 18.4 Å². The summed E-state index contributed by atoms with van der Waals surface area (Å²) in [7, 11) is 0. The maximum Gasteiger partial charge on any atom is 0.125 e. The number of ether oxygens (including phenoxy) is 1. The van der Waals surface area contributed by atoms with Gasteiger partial charge in [-0.25, -0.2) is 4.39 Å². The average Bonchev–Trinajstić information content (AvgIpc) is 2.36. The highest BCUT2D eigenvalue weighted by Crippen LogP contribution is 2.23. The van der Waals surface area contributed by atoms with Crippen LogP contribution in [0.5, 0.6) is 0 Å². The highest BCUT2D eigenvalue weighted by Gasteiger charge is 2.23. The van der Waals surface area contributed by atoms with Crippen molar-refractivity contribution in [3.63, 3.8) is 0 Å². The zero-order valence-electron chi connectivity index (χ0n) is 10.7. The third kappa shape index (κ3) is 3.43. The SMILES string of the molecule is Cc1cc(F)cc(NC(CO)C2CCOCC2)c1. The van der Waals surface area contributed by atoms with E-state index in [1.165, 1.54) is 12.1 Å². The van der Waals surface area contributed by atoms with Gasteiger partial charge in [0.25, 0.3) is 0 Å². The lowest BCUT2D eigenvalue weighted by molar-refractivity contribution is 0.0534. The van der Waals surface area contributed by atoms with Crippen molar-refractivity contribution in [2.75, 3.05) is 25.1 Å². The van der Waals surface area contributed by atoms with E-state index in [2.05, 4.69) is 5.32 Å². The molecule has 0 aliphatic carbocycles. The van der Waals surface area contributed by atoms with E-state index in [1.807, 2.05) is 13.0 Å². The largest absolute Gasteiger partial charge is 0.394 e. The van der Waals surface area contributed by atoms with Crippen LogP contribution in [-0.4, -0.2) is 31.0 Å². The van der Waals surface area contributed by atoms with Crippen molar-refractivity contribution in [2.45, 2.75) is 25.8 Å². The molecule has 1 aromatic carbocycles. The summed E-state index contributed by atoms with van der Waals surface area (Å²) in [6.07, 6.45) is 1.87. The molecule has 1 aliphatic rings. The van der Waals surface area contributed by atoms with Gasteiger partial charge in [0.15, 0.2) is 0 Å². The Kier molecular flexibility index (Phi) is 4.55. The summed E-state index contributed by atoms with van der Waals surface area (Å²) >= 11 is 0. The minimum absolute atomic E-state index is 0.0323. The van der Waals surface area contributed by atoms with Gasteiger partial charge in [-0.3, -0.25) is 0 Å². The molecule has 18 heavy (non-hydrogen) atoms. The van der Waals surface area contributed by atoms with Crippen molar-refractivity contribution in [2.24, 2.45) is 5.92 Å². The Labute approximate surface area is 107 Å². The van der Waals surface area contributed by atoms with E-state index in [0.717, 1.165) is 37.3 Å². The highest BCUT2D eigenvalue weighted by atomic mass is 19.1. The molecule has 1 heterocycles. The van der Waals surface area contributed by atoms with Gasteiger partial charge < -0.3 is 15.2 Å². The van der Waals surface area contributed by atoms with Gasteiger partial charge in [0.1, 0.15) is 5.82 Å². The molecule has 2 N–H and O–H groups in total. The van der Waals surface area contributed by atoms with Crippen LogP contribution in [0.2, 0.25) is 0 Å².